The Labute approximate surface area is 719 Å². The lowest BCUT2D eigenvalue weighted by atomic mass is 9.72. The van der Waals surface area contributed by atoms with Gasteiger partial charge in [-0.2, -0.15) is 0 Å². The van der Waals surface area contributed by atoms with E-state index < -0.39 is 0 Å². The van der Waals surface area contributed by atoms with Crippen LogP contribution < -0.4 is 0 Å². The van der Waals surface area contributed by atoms with Crippen LogP contribution in [0.4, 0.5) is 0 Å². The van der Waals surface area contributed by atoms with Gasteiger partial charge in [-0.05, 0) is 300 Å². The predicted octanol–water partition coefficient (Wildman–Crippen LogP) is 32.6. The zero-order valence-corrected chi connectivity index (χ0v) is 70.4. The molecule has 0 fully saturated rings. The molecule has 4 heterocycles. The lowest BCUT2D eigenvalue weighted by Crippen LogP contribution is -2.24. The van der Waals surface area contributed by atoms with Gasteiger partial charge in [0.1, 0.15) is 22.3 Å². The van der Waals surface area contributed by atoms with Crippen LogP contribution in [-0.4, -0.2) is 9.13 Å². The molecule has 586 valence electrons. The van der Waals surface area contributed by atoms with Crippen LogP contribution in [0.15, 0.2) is 373 Å². The van der Waals surface area contributed by atoms with Gasteiger partial charge in [0.15, 0.2) is 0 Å². The number of fused-ring (bicyclic) bond motifs is 26. The second kappa shape index (κ2) is 25.4. The number of nitrogens with zero attached hydrogens (tertiary/aromatic N) is 2. The smallest absolute Gasteiger partial charge is 0.135 e. The summed E-state index contributed by atoms with van der Waals surface area (Å²) in [6.07, 6.45) is 0. The summed E-state index contributed by atoms with van der Waals surface area (Å²) in [5.74, 6) is 0. The molecule has 124 heavy (non-hydrogen) atoms. The highest BCUT2D eigenvalue weighted by Crippen LogP contribution is 2.63. The van der Waals surface area contributed by atoms with Crippen LogP contribution in [0.5, 0.6) is 0 Å². The van der Waals surface area contributed by atoms with E-state index in [0.717, 1.165) is 60.7 Å². The number of furan rings is 2. The Bertz CT molecular complexity index is 8440. The first-order valence-electron chi connectivity index (χ1n) is 43.7. The molecule has 4 aliphatic carbocycles. The molecule has 0 amide bonds. The summed E-state index contributed by atoms with van der Waals surface area (Å²) >= 11 is 0. The van der Waals surface area contributed by atoms with Gasteiger partial charge in [-0.1, -0.05) is 286 Å². The molecule has 0 bridgehead atoms. The van der Waals surface area contributed by atoms with Gasteiger partial charge in [0.25, 0.3) is 0 Å². The van der Waals surface area contributed by atoms with Crippen molar-refractivity contribution in [3.63, 3.8) is 0 Å². The summed E-state index contributed by atoms with van der Waals surface area (Å²) in [5.41, 5.74) is 48.5. The monoisotopic (exact) mass is 1580 g/mol. The summed E-state index contributed by atoms with van der Waals surface area (Å²) in [7, 11) is 0. The maximum Gasteiger partial charge on any atom is 0.135 e. The van der Waals surface area contributed by atoms with Crippen LogP contribution in [0.25, 0.3) is 221 Å². The largest absolute Gasteiger partial charge is 0.456 e. The van der Waals surface area contributed by atoms with Gasteiger partial charge in [0, 0.05) is 76.1 Å². The Hall–Kier alpha value is -14.8. The number of hydrogen-bond donors (Lipinski definition) is 0. The van der Waals surface area contributed by atoms with Crippen molar-refractivity contribution in [2.45, 2.75) is 77.0 Å². The van der Waals surface area contributed by atoms with E-state index in [9.17, 15) is 0 Å². The molecular formula is C120H84N2O2. The maximum absolute atomic E-state index is 6.61. The highest BCUT2D eigenvalue weighted by molar-refractivity contribution is 6.14. The van der Waals surface area contributed by atoms with Crippen LogP contribution in [0.3, 0.4) is 0 Å². The molecule has 0 aliphatic heterocycles. The van der Waals surface area contributed by atoms with Gasteiger partial charge in [0.2, 0.25) is 0 Å². The molecule has 0 spiro atoms. The first-order chi connectivity index (χ1) is 60.4. The fourth-order valence-corrected chi connectivity index (χ4v) is 23.1. The molecule has 4 nitrogen and oxygen atoms in total. The predicted molar refractivity (Wildman–Crippen MR) is 518 cm³/mol. The number of para-hydroxylation sites is 3. The summed E-state index contributed by atoms with van der Waals surface area (Å²) in [5, 5.41) is 9.52. The second-order valence-electron chi connectivity index (χ2n) is 37.4. The van der Waals surface area contributed by atoms with E-state index in [0.29, 0.717) is 0 Å². The van der Waals surface area contributed by atoms with E-state index in [1.165, 1.54) is 205 Å². The molecule has 26 rings (SSSR count). The molecule has 0 saturated heterocycles. The van der Waals surface area contributed by atoms with E-state index in [1.807, 2.05) is 0 Å². The molecule has 0 saturated carbocycles. The van der Waals surface area contributed by atoms with Crippen LogP contribution in [-0.2, 0) is 21.7 Å². The standard InChI is InChI=1S/C120H84N2O2/c1-117(2)101-65-79(75-37-53-107-95(59-75)89-23-15-17-25-105(89)121(107)83-21-13-10-14-22-83)33-45-85(101)91-49-50-92-86-46-34-80(66-102(86)118(3,4)114(92)113(91)117)76-38-54-108-96(60-76)90-24-16-18-26-106(90)122(108)84-43-31-71(32-44-84)70-27-29-72(30-28-70)74-40-56-110-98(62-74)100-64-78(42-58-112(100)124-110)82-36-48-88-94-52-51-93-87-47-35-81(67-103(87)119(5,6)115(93)116(94)120(7,8)104(88)68-82)77-41-57-111-99(63-77)97-61-73(39-55-109(97)123-111)69-19-11-9-12-20-69/h9-68H,1-8H3. The molecule has 22 aromatic rings. The fraction of sp³-hybridized carbons (Fsp3) is 0.100. The fourth-order valence-electron chi connectivity index (χ4n) is 23.1. The number of aromatic nitrogens is 2. The molecule has 0 N–H and O–H groups in total. The Morgan fingerprint density at radius 2 is 0.395 bits per heavy atom. The highest BCUT2D eigenvalue weighted by Gasteiger charge is 2.48. The van der Waals surface area contributed by atoms with Crippen molar-refractivity contribution in [1.82, 2.24) is 9.13 Å². The summed E-state index contributed by atoms with van der Waals surface area (Å²) in [6.45, 7) is 19.6. The van der Waals surface area contributed by atoms with Gasteiger partial charge in [-0.15, -0.1) is 0 Å². The Morgan fingerprint density at radius 1 is 0.169 bits per heavy atom. The van der Waals surface area contributed by atoms with Crippen LogP contribution >= 0.6 is 0 Å². The van der Waals surface area contributed by atoms with Gasteiger partial charge in [-0.25, -0.2) is 0 Å². The quantitative estimate of drug-likeness (QED) is 0.144. The van der Waals surface area contributed by atoms with Gasteiger partial charge < -0.3 is 18.0 Å². The van der Waals surface area contributed by atoms with E-state index >= 15 is 0 Å². The third kappa shape index (κ3) is 10.0. The Kier molecular flexibility index (Phi) is 14.5. The maximum atomic E-state index is 6.61. The lowest BCUT2D eigenvalue weighted by molar-refractivity contribution is 0.601. The molecule has 4 aliphatic rings. The number of rotatable bonds is 9. The van der Waals surface area contributed by atoms with Crippen molar-refractivity contribution in [2.75, 3.05) is 0 Å². The minimum Gasteiger partial charge on any atom is -0.456 e. The average molecular weight is 1590 g/mol. The topological polar surface area (TPSA) is 36.1 Å². The second-order valence-corrected chi connectivity index (χ2v) is 37.4. The molecule has 4 heteroatoms. The van der Waals surface area contributed by atoms with Crippen molar-refractivity contribution in [3.8, 4) is 134 Å². The molecule has 0 atom stereocenters. The van der Waals surface area contributed by atoms with Gasteiger partial charge in [0.05, 0.1) is 22.1 Å². The number of benzene rings is 18. The molecule has 4 aromatic heterocycles. The van der Waals surface area contributed by atoms with E-state index in [-0.39, 0.29) is 21.7 Å². The molecule has 0 radical (unpaired) electrons. The minimum absolute atomic E-state index is 0.228. The lowest BCUT2D eigenvalue weighted by Gasteiger charge is -2.31. The van der Waals surface area contributed by atoms with Gasteiger partial charge in [-0.3, -0.25) is 0 Å². The normalized spacial score (nSPS) is 14.5. The summed E-state index contributed by atoms with van der Waals surface area (Å²) in [6, 6.07) is 136. The zero-order valence-electron chi connectivity index (χ0n) is 70.4. The summed E-state index contributed by atoms with van der Waals surface area (Å²) in [4.78, 5) is 0. The van der Waals surface area contributed by atoms with Crippen LogP contribution in [0, 0.1) is 0 Å². The minimum atomic E-state index is -0.252. The van der Waals surface area contributed by atoms with Crippen molar-refractivity contribution < 1.29 is 8.83 Å². The molecule has 18 aromatic carbocycles. The molecule has 0 unspecified atom stereocenters. The Morgan fingerprint density at radius 3 is 0.742 bits per heavy atom. The van der Waals surface area contributed by atoms with E-state index in [4.69, 9.17) is 8.83 Å². The van der Waals surface area contributed by atoms with Gasteiger partial charge >= 0.3 is 0 Å². The van der Waals surface area contributed by atoms with Crippen molar-refractivity contribution in [2.24, 2.45) is 0 Å². The first kappa shape index (κ1) is 70.9. The van der Waals surface area contributed by atoms with Crippen molar-refractivity contribution in [1.29, 1.82) is 0 Å². The highest BCUT2D eigenvalue weighted by atomic mass is 16.3. The van der Waals surface area contributed by atoms with E-state index in [1.54, 1.807) is 0 Å². The summed E-state index contributed by atoms with van der Waals surface area (Å²) < 4.78 is 17.9. The Balaban J connectivity index is 0.456. The van der Waals surface area contributed by atoms with Crippen molar-refractivity contribution in [3.05, 3.63) is 408 Å². The van der Waals surface area contributed by atoms with Crippen LogP contribution in [0.2, 0.25) is 0 Å². The van der Waals surface area contributed by atoms with Crippen molar-refractivity contribution >= 4 is 87.5 Å². The third-order valence-electron chi connectivity index (χ3n) is 29.3. The number of hydrogen-bond acceptors (Lipinski definition) is 2. The average Bonchev–Trinajstić information content (AvgIpc) is 1.53. The van der Waals surface area contributed by atoms with Crippen LogP contribution in [0.1, 0.15) is 99.9 Å². The third-order valence-corrected chi connectivity index (χ3v) is 29.3. The SMILES string of the molecule is CC1(C)c2cc(-c3ccc4oc5ccc(-c6ccccc6)cc5c4c3)ccc2-c2ccc3c(c21)C(C)(C)c1cc(-c2ccc4oc5ccc(-c6ccc(-c7ccc(-n8c9ccccc9c9cc(-c%10ccc%11c(c%10)C(C)(C)c%10c-%11ccc%11c%10C(C)(C)c%10cc(-c%12ccc%13c(c%12)c%12ccccc%12n%13-c%12ccccc%12)ccc%10-%11)ccc98)cc7)cc6)cc5c4c2)ccc1-3. The molecular weight excluding hydrogens is 1500 g/mol. The van der Waals surface area contributed by atoms with E-state index in [2.05, 4.69) is 429 Å². The zero-order chi connectivity index (χ0) is 82.7. The first-order valence-corrected chi connectivity index (χ1v) is 43.7.